The Bertz CT molecular complexity index is 1550. The summed E-state index contributed by atoms with van der Waals surface area (Å²) < 4.78 is 19.9. The quantitative estimate of drug-likeness (QED) is 0.193. The fourth-order valence-electron chi connectivity index (χ4n) is 5.68. The highest BCUT2D eigenvalue weighted by Gasteiger charge is 2.21. The molecule has 1 aromatic heterocycles. The number of phenolic OH excluding ortho intramolecular Hbond substituents is 1. The minimum absolute atomic E-state index is 0.125. The number of phenols is 1. The molecule has 0 aliphatic heterocycles. The first-order valence-electron chi connectivity index (χ1n) is 16.1. The molecule has 0 bridgehead atoms. The lowest BCUT2D eigenvalue weighted by atomic mass is 9.83. The van der Waals surface area contributed by atoms with E-state index in [1.807, 2.05) is 6.92 Å². The van der Waals surface area contributed by atoms with Gasteiger partial charge in [-0.15, -0.1) is 0 Å². The molecule has 1 heterocycles. The van der Waals surface area contributed by atoms with Crippen molar-refractivity contribution in [2.75, 3.05) is 6.61 Å². The molecule has 5 heteroatoms. The number of aromatic hydroxyl groups is 1. The fourth-order valence-corrected chi connectivity index (χ4v) is 6.81. The maximum absolute atomic E-state index is 10.6. The van der Waals surface area contributed by atoms with Crippen molar-refractivity contribution in [2.24, 2.45) is 0 Å². The lowest BCUT2D eigenvalue weighted by Gasteiger charge is -2.22. The number of hydrogen-bond acceptors (Lipinski definition) is 4. The summed E-state index contributed by atoms with van der Waals surface area (Å²) in [6, 6.07) is 13.5. The maximum Gasteiger partial charge on any atom is 0.387 e. The molecular weight excluding hydrogens is 551 g/mol. The van der Waals surface area contributed by atoms with Crippen molar-refractivity contribution in [3.8, 4) is 5.75 Å². The van der Waals surface area contributed by atoms with Crippen LogP contribution in [0.15, 0.2) is 44.8 Å². The van der Waals surface area contributed by atoms with E-state index in [-0.39, 0.29) is 5.41 Å². The lowest BCUT2D eigenvalue weighted by molar-refractivity contribution is 0.364. The van der Waals surface area contributed by atoms with Crippen LogP contribution < -0.4 is 4.52 Å². The predicted molar refractivity (Wildman–Crippen MR) is 184 cm³/mol. The van der Waals surface area contributed by atoms with Gasteiger partial charge in [0.05, 0.1) is 6.61 Å². The van der Waals surface area contributed by atoms with Crippen molar-refractivity contribution in [3.63, 3.8) is 0 Å². The normalized spacial score (nSPS) is 12.6. The van der Waals surface area contributed by atoms with Gasteiger partial charge < -0.3 is 13.5 Å². The first kappa shape index (κ1) is 33.2. The Labute approximate surface area is 260 Å². The minimum atomic E-state index is -1.66. The molecule has 0 amide bonds. The fraction of sp³-hybridized carbons (Fsp3) is 0.526. The Balaban J connectivity index is 1.82. The molecule has 4 rings (SSSR count). The third-order valence-corrected chi connectivity index (χ3v) is 9.51. The molecule has 1 N–H and O–H groups in total. The highest BCUT2D eigenvalue weighted by Crippen LogP contribution is 2.42. The Morgan fingerprint density at radius 2 is 1.21 bits per heavy atom. The van der Waals surface area contributed by atoms with Crippen LogP contribution in [0.1, 0.15) is 145 Å². The van der Waals surface area contributed by atoms with Crippen molar-refractivity contribution in [2.45, 2.75) is 125 Å². The van der Waals surface area contributed by atoms with Crippen LogP contribution in [0, 0.1) is 6.92 Å². The molecule has 0 fully saturated rings. The summed E-state index contributed by atoms with van der Waals surface area (Å²) in [5, 5.41) is 12.9. The molecule has 43 heavy (non-hydrogen) atoms. The lowest BCUT2D eigenvalue weighted by Crippen LogP contribution is -2.12. The smallest absolute Gasteiger partial charge is 0.387 e. The highest BCUT2D eigenvalue weighted by molar-refractivity contribution is 7.31. The van der Waals surface area contributed by atoms with Gasteiger partial charge in [0.25, 0.3) is 0 Å². The van der Waals surface area contributed by atoms with Gasteiger partial charge in [0.15, 0.2) is 0 Å². The molecule has 0 aliphatic rings. The second kappa shape index (κ2) is 13.1. The van der Waals surface area contributed by atoms with E-state index in [1.165, 1.54) is 27.8 Å². The van der Waals surface area contributed by atoms with E-state index in [4.69, 9.17) is 12.9 Å². The number of fused-ring (bicyclic) bond motifs is 3. The van der Waals surface area contributed by atoms with Gasteiger partial charge in [-0.05, 0) is 99.9 Å². The van der Waals surface area contributed by atoms with E-state index in [0.717, 1.165) is 45.9 Å². The number of rotatable bonds is 9. The number of hydrogen-bond donors (Lipinski definition) is 1. The van der Waals surface area contributed by atoms with Crippen LogP contribution >= 0.6 is 8.24 Å². The summed E-state index contributed by atoms with van der Waals surface area (Å²) in [7, 11) is -1.66. The Hall–Kier alpha value is -2.68. The van der Waals surface area contributed by atoms with E-state index in [1.54, 1.807) is 0 Å². The highest BCUT2D eigenvalue weighted by atomic mass is 31.1. The largest absolute Gasteiger partial charge is 0.507 e. The maximum atomic E-state index is 10.6. The van der Waals surface area contributed by atoms with Gasteiger partial charge in [0, 0.05) is 10.8 Å². The average Bonchev–Trinajstić information content (AvgIpc) is 3.07. The van der Waals surface area contributed by atoms with Crippen LogP contribution in [0.25, 0.3) is 21.9 Å². The van der Waals surface area contributed by atoms with Crippen LogP contribution in [-0.4, -0.2) is 11.7 Å². The summed E-state index contributed by atoms with van der Waals surface area (Å²) in [5.41, 5.74) is 9.79. The van der Waals surface area contributed by atoms with Crippen LogP contribution in [-0.2, 0) is 11.8 Å². The molecule has 0 saturated heterocycles. The SMILES string of the molecule is Cc1cc(CCCOp2oc3c(C(C)C)cc(C(C)C)cc3c3cc(C(C)C)cc(C(C)C)c3o2)cc(C(C)(C)C)c1O. The first-order valence-corrected chi connectivity index (χ1v) is 17.2. The monoisotopic (exact) mass is 604 g/mol. The van der Waals surface area contributed by atoms with Crippen LogP contribution in [0.2, 0.25) is 0 Å². The van der Waals surface area contributed by atoms with E-state index in [0.29, 0.717) is 36.0 Å². The zero-order valence-electron chi connectivity index (χ0n) is 28.5. The van der Waals surface area contributed by atoms with Gasteiger partial charge >= 0.3 is 8.24 Å². The van der Waals surface area contributed by atoms with E-state index >= 15 is 0 Å². The Morgan fingerprint density at radius 3 is 1.63 bits per heavy atom. The van der Waals surface area contributed by atoms with Gasteiger partial charge in [-0.25, -0.2) is 0 Å². The second-order valence-corrected chi connectivity index (χ2v) is 15.6. The standard InChI is InChI=1S/C38H53O4P/c1-22(2)28-18-30(24(5)6)36-32(20-28)33-21-29(23(3)4)19-31(25(7)8)37(33)42-43(41-36)40-15-13-14-27-16-26(9)35(39)34(17-27)38(10,11)12/h16-25,39H,13-15H2,1-12H3. The Morgan fingerprint density at radius 1 is 0.721 bits per heavy atom. The predicted octanol–water partition coefficient (Wildman–Crippen LogP) is 12.2. The molecule has 4 nitrogen and oxygen atoms in total. The summed E-state index contributed by atoms with van der Waals surface area (Å²) in [4.78, 5) is 0. The number of benzene rings is 3. The summed E-state index contributed by atoms with van der Waals surface area (Å²) in [6.07, 6.45) is 1.68. The zero-order chi connectivity index (χ0) is 31.8. The molecule has 234 valence electrons. The zero-order valence-corrected chi connectivity index (χ0v) is 29.4. The van der Waals surface area contributed by atoms with E-state index in [9.17, 15) is 5.11 Å². The van der Waals surface area contributed by atoms with Gasteiger partial charge in [0.1, 0.15) is 16.9 Å². The molecule has 0 aliphatic carbocycles. The molecule has 4 aromatic rings. The van der Waals surface area contributed by atoms with Gasteiger partial charge in [-0.1, -0.05) is 100 Å². The van der Waals surface area contributed by atoms with Crippen molar-refractivity contribution in [3.05, 3.63) is 75.3 Å². The third kappa shape index (κ3) is 7.35. The van der Waals surface area contributed by atoms with Crippen LogP contribution in [0.4, 0.5) is 0 Å². The van der Waals surface area contributed by atoms with Gasteiger partial charge in [0.2, 0.25) is 0 Å². The molecule has 3 aromatic carbocycles. The van der Waals surface area contributed by atoms with E-state index < -0.39 is 8.24 Å². The third-order valence-electron chi connectivity index (χ3n) is 8.45. The Kier molecular flexibility index (Phi) is 10.1. The molecule has 0 spiro atoms. The molecule has 0 saturated carbocycles. The van der Waals surface area contributed by atoms with Crippen LogP contribution in [0.5, 0.6) is 5.75 Å². The van der Waals surface area contributed by atoms with Gasteiger partial charge in [-0.3, -0.25) is 4.52 Å². The summed E-state index contributed by atoms with van der Waals surface area (Å²) in [5.74, 6) is 1.77. The second-order valence-electron chi connectivity index (χ2n) is 14.5. The molecule has 0 radical (unpaired) electrons. The minimum Gasteiger partial charge on any atom is -0.507 e. The van der Waals surface area contributed by atoms with Crippen molar-refractivity contribution >= 4 is 30.2 Å². The van der Waals surface area contributed by atoms with E-state index in [2.05, 4.69) is 113 Å². The topological polar surface area (TPSA) is 55.7 Å². The van der Waals surface area contributed by atoms with Crippen molar-refractivity contribution in [1.82, 2.24) is 0 Å². The van der Waals surface area contributed by atoms with Gasteiger partial charge in [-0.2, -0.15) is 0 Å². The first-order chi connectivity index (χ1) is 20.1. The van der Waals surface area contributed by atoms with Crippen molar-refractivity contribution in [1.29, 1.82) is 0 Å². The average molecular weight is 605 g/mol. The summed E-state index contributed by atoms with van der Waals surface area (Å²) >= 11 is 0. The van der Waals surface area contributed by atoms with Crippen molar-refractivity contribution < 1.29 is 18.0 Å². The van der Waals surface area contributed by atoms with Crippen LogP contribution in [0.3, 0.4) is 0 Å². The molecule has 0 atom stereocenters. The molecular formula is C38H53O4P. The molecule has 0 unspecified atom stereocenters. The summed E-state index contributed by atoms with van der Waals surface area (Å²) in [6.45, 7) is 26.8. The number of aryl methyl sites for hydroxylation is 2.